The molecule has 0 saturated heterocycles. The molecule has 94 valence electrons. The molecule has 1 aromatic heterocycles. The summed E-state index contributed by atoms with van der Waals surface area (Å²) >= 11 is 0. The summed E-state index contributed by atoms with van der Waals surface area (Å²) in [6, 6.07) is 2.65. The number of rotatable bonds is 6. The van der Waals surface area contributed by atoms with E-state index in [4.69, 9.17) is 0 Å². The van der Waals surface area contributed by atoms with E-state index in [9.17, 15) is 0 Å². The molecule has 4 nitrogen and oxygen atoms in total. The van der Waals surface area contributed by atoms with Crippen LogP contribution in [0.25, 0.3) is 0 Å². The van der Waals surface area contributed by atoms with Crippen LogP contribution in [0.1, 0.15) is 31.5 Å². The van der Waals surface area contributed by atoms with Crippen LogP contribution in [0.5, 0.6) is 0 Å². The molecule has 0 aliphatic heterocycles. The minimum atomic E-state index is 0.763. The van der Waals surface area contributed by atoms with Gasteiger partial charge >= 0.3 is 0 Å². The number of likely N-dealkylation sites (N-methyl/N-ethyl adjacent to an activating group) is 1. The number of hydrogen-bond acceptors (Lipinski definition) is 4. The molecule has 0 atom stereocenters. The Kier molecular flexibility index (Phi) is 4.88. The van der Waals surface area contributed by atoms with E-state index in [2.05, 4.69) is 27.2 Å². The van der Waals surface area contributed by atoms with Crippen LogP contribution >= 0.6 is 0 Å². The van der Waals surface area contributed by atoms with E-state index in [1.807, 2.05) is 6.07 Å². The molecule has 0 spiro atoms. The summed E-state index contributed by atoms with van der Waals surface area (Å²) in [4.78, 5) is 10.8. The van der Waals surface area contributed by atoms with Gasteiger partial charge in [-0.15, -0.1) is 0 Å². The van der Waals surface area contributed by atoms with Crippen molar-refractivity contribution in [2.45, 2.75) is 38.3 Å². The van der Waals surface area contributed by atoms with Crippen LogP contribution in [0.2, 0.25) is 0 Å². The van der Waals surface area contributed by atoms with Crippen LogP contribution in [0, 0.1) is 0 Å². The van der Waals surface area contributed by atoms with Gasteiger partial charge in [-0.2, -0.15) is 0 Å². The van der Waals surface area contributed by atoms with Crippen LogP contribution in [-0.2, 0) is 6.54 Å². The van der Waals surface area contributed by atoms with Crippen LogP contribution in [0.15, 0.2) is 18.5 Å². The maximum absolute atomic E-state index is 4.19. The molecule has 0 unspecified atom stereocenters. The summed E-state index contributed by atoms with van der Waals surface area (Å²) in [5.41, 5.74) is 0. The highest BCUT2D eigenvalue weighted by Crippen LogP contribution is 2.21. The molecule has 0 aromatic carbocycles. The predicted molar refractivity (Wildman–Crippen MR) is 68.6 cm³/mol. The van der Waals surface area contributed by atoms with Crippen molar-refractivity contribution in [3.8, 4) is 0 Å². The summed E-state index contributed by atoms with van der Waals surface area (Å²) in [6.45, 7) is 2.88. The molecule has 0 radical (unpaired) electrons. The summed E-state index contributed by atoms with van der Waals surface area (Å²) in [7, 11) is 2.23. The molecule has 1 saturated carbocycles. The Morgan fingerprint density at radius 2 is 2.00 bits per heavy atom. The largest absolute Gasteiger partial charge is 0.309 e. The molecule has 17 heavy (non-hydrogen) atoms. The van der Waals surface area contributed by atoms with Crippen LogP contribution in [0.4, 0.5) is 0 Å². The normalized spacial score (nSPS) is 16.8. The first kappa shape index (κ1) is 12.5. The van der Waals surface area contributed by atoms with Crippen molar-refractivity contribution < 1.29 is 0 Å². The lowest BCUT2D eigenvalue weighted by atomic mass is 10.2. The molecule has 4 heteroatoms. The minimum Gasteiger partial charge on any atom is -0.309 e. The number of nitrogens with zero attached hydrogens (tertiary/aromatic N) is 3. The third-order valence-corrected chi connectivity index (χ3v) is 3.49. The average Bonchev–Trinajstić information content (AvgIpc) is 2.89. The highest BCUT2D eigenvalue weighted by Gasteiger charge is 2.18. The second-order valence-corrected chi connectivity index (χ2v) is 4.76. The molecule has 1 heterocycles. The monoisotopic (exact) mass is 234 g/mol. The fraction of sp³-hybridized carbons (Fsp3) is 0.692. The highest BCUT2D eigenvalue weighted by atomic mass is 15.1. The lowest BCUT2D eigenvalue weighted by molar-refractivity contribution is 0.245. The quantitative estimate of drug-likeness (QED) is 0.756. The zero-order valence-electron chi connectivity index (χ0n) is 10.6. The third kappa shape index (κ3) is 4.06. The molecule has 1 aliphatic carbocycles. The summed E-state index contributed by atoms with van der Waals surface area (Å²) in [6.07, 6.45) is 9.13. The lowest BCUT2D eigenvalue weighted by Gasteiger charge is -2.23. The molecular formula is C13H22N4. The summed E-state index contributed by atoms with van der Waals surface area (Å²) < 4.78 is 0. The van der Waals surface area contributed by atoms with Gasteiger partial charge in [0.15, 0.2) is 0 Å². The first-order valence-corrected chi connectivity index (χ1v) is 6.53. The van der Waals surface area contributed by atoms with E-state index < -0.39 is 0 Å². The maximum atomic E-state index is 4.19. The maximum Gasteiger partial charge on any atom is 0.141 e. The SMILES string of the molecule is CN(CCNCc1ncccn1)C1CCCC1. The number of nitrogens with one attached hydrogen (secondary N) is 1. The molecule has 1 aromatic rings. The smallest absolute Gasteiger partial charge is 0.141 e. The van der Waals surface area contributed by atoms with Gasteiger partial charge in [0, 0.05) is 31.5 Å². The summed E-state index contributed by atoms with van der Waals surface area (Å²) in [5, 5.41) is 3.39. The Bertz CT molecular complexity index is 308. The average molecular weight is 234 g/mol. The second-order valence-electron chi connectivity index (χ2n) is 4.76. The number of aromatic nitrogens is 2. The van der Waals surface area contributed by atoms with Crippen molar-refractivity contribution in [2.24, 2.45) is 0 Å². The first-order chi connectivity index (χ1) is 8.36. The van der Waals surface area contributed by atoms with Gasteiger partial charge < -0.3 is 10.2 Å². The van der Waals surface area contributed by atoms with Crippen molar-refractivity contribution in [1.82, 2.24) is 20.2 Å². The third-order valence-electron chi connectivity index (χ3n) is 3.49. The summed E-state index contributed by atoms with van der Waals surface area (Å²) in [5.74, 6) is 0.871. The molecule has 1 N–H and O–H groups in total. The van der Waals surface area contributed by atoms with Gasteiger partial charge in [-0.3, -0.25) is 0 Å². The number of hydrogen-bond donors (Lipinski definition) is 1. The fourth-order valence-corrected chi connectivity index (χ4v) is 2.40. The molecule has 0 amide bonds. The van der Waals surface area contributed by atoms with Crippen LogP contribution < -0.4 is 5.32 Å². The van der Waals surface area contributed by atoms with Gasteiger partial charge in [0.2, 0.25) is 0 Å². The van der Waals surface area contributed by atoms with Crippen LogP contribution in [-0.4, -0.2) is 41.0 Å². The van der Waals surface area contributed by atoms with Crippen molar-refractivity contribution in [3.63, 3.8) is 0 Å². The van der Waals surface area contributed by atoms with Crippen molar-refractivity contribution >= 4 is 0 Å². The Labute approximate surface area is 103 Å². The molecular weight excluding hydrogens is 212 g/mol. The van der Waals surface area contributed by atoms with Gasteiger partial charge in [-0.25, -0.2) is 9.97 Å². The zero-order chi connectivity index (χ0) is 11.9. The molecule has 1 fully saturated rings. The highest BCUT2D eigenvalue weighted by molar-refractivity contribution is 4.87. The van der Waals surface area contributed by atoms with Crippen LogP contribution in [0.3, 0.4) is 0 Å². The van der Waals surface area contributed by atoms with Crippen molar-refractivity contribution in [3.05, 3.63) is 24.3 Å². The predicted octanol–water partition coefficient (Wildman–Crippen LogP) is 1.44. The topological polar surface area (TPSA) is 41.0 Å². The van der Waals surface area contributed by atoms with E-state index in [1.165, 1.54) is 25.7 Å². The van der Waals surface area contributed by atoms with E-state index >= 15 is 0 Å². The first-order valence-electron chi connectivity index (χ1n) is 6.53. The Balaban J connectivity index is 1.59. The molecule has 2 rings (SSSR count). The van der Waals surface area contributed by atoms with Gasteiger partial charge in [0.25, 0.3) is 0 Å². The van der Waals surface area contributed by atoms with Gasteiger partial charge in [-0.1, -0.05) is 12.8 Å². The minimum absolute atomic E-state index is 0.763. The molecule has 1 aliphatic rings. The Morgan fingerprint density at radius 1 is 1.29 bits per heavy atom. The van der Waals surface area contributed by atoms with Gasteiger partial charge in [-0.05, 0) is 26.0 Å². The van der Waals surface area contributed by atoms with Crippen molar-refractivity contribution in [2.75, 3.05) is 20.1 Å². The molecule has 0 bridgehead atoms. The van der Waals surface area contributed by atoms with E-state index in [-0.39, 0.29) is 0 Å². The van der Waals surface area contributed by atoms with E-state index in [0.717, 1.165) is 31.5 Å². The standard InChI is InChI=1S/C13H22N4/c1-17(12-5-2-3-6-12)10-9-14-11-13-15-7-4-8-16-13/h4,7-8,12,14H,2-3,5-6,9-11H2,1H3. The zero-order valence-corrected chi connectivity index (χ0v) is 10.6. The van der Waals surface area contributed by atoms with Gasteiger partial charge in [0.1, 0.15) is 5.82 Å². The van der Waals surface area contributed by atoms with Crippen molar-refractivity contribution in [1.29, 1.82) is 0 Å². The van der Waals surface area contributed by atoms with E-state index in [0.29, 0.717) is 0 Å². The van der Waals surface area contributed by atoms with Gasteiger partial charge in [0.05, 0.1) is 6.54 Å². The lowest BCUT2D eigenvalue weighted by Crippen LogP contribution is -2.35. The Hall–Kier alpha value is -1.00. The van der Waals surface area contributed by atoms with E-state index in [1.54, 1.807) is 12.4 Å². The fourth-order valence-electron chi connectivity index (χ4n) is 2.40. The second kappa shape index (κ2) is 6.67. The Morgan fingerprint density at radius 3 is 2.71 bits per heavy atom.